The van der Waals surface area contributed by atoms with Crippen LogP contribution in [0.5, 0.6) is 0 Å². The number of sulfone groups is 1. The van der Waals surface area contributed by atoms with Crippen molar-refractivity contribution >= 4 is 33.3 Å². The lowest BCUT2D eigenvalue weighted by molar-refractivity contribution is 0.0749. The van der Waals surface area contributed by atoms with Gasteiger partial charge in [0, 0.05) is 35.1 Å². The predicted octanol–water partition coefficient (Wildman–Crippen LogP) is 0.922. The summed E-state index contributed by atoms with van der Waals surface area (Å²) in [5.41, 5.74) is 6.70. The largest absolute Gasteiger partial charge is 0.384 e. The van der Waals surface area contributed by atoms with Crippen molar-refractivity contribution in [1.82, 2.24) is 9.88 Å². The van der Waals surface area contributed by atoms with Gasteiger partial charge in [0.25, 0.3) is 5.91 Å². The molecular weight excluding hydrogens is 310 g/mol. The minimum atomic E-state index is -3.31. The highest BCUT2D eigenvalue weighted by Gasteiger charge is 2.36. The van der Waals surface area contributed by atoms with E-state index in [-0.39, 0.29) is 17.5 Å². The number of aromatic nitrogens is 1. The SMILES string of the molecule is CCS(=O)(=O)C1CSCCN1C(=O)c1cc(C)nc(N)c1. The van der Waals surface area contributed by atoms with E-state index in [1.807, 2.05) is 0 Å². The van der Waals surface area contributed by atoms with Crippen molar-refractivity contribution in [2.45, 2.75) is 19.2 Å². The van der Waals surface area contributed by atoms with E-state index in [0.717, 1.165) is 5.75 Å². The van der Waals surface area contributed by atoms with Crippen molar-refractivity contribution in [3.63, 3.8) is 0 Å². The molecule has 2 heterocycles. The molecule has 8 heteroatoms. The summed E-state index contributed by atoms with van der Waals surface area (Å²) >= 11 is 1.56. The Balaban J connectivity index is 2.35. The second-order valence-corrected chi connectivity index (χ2v) is 8.50. The third-order valence-corrected chi connectivity index (χ3v) is 6.67. The number of nitrogens with zero attached hydrogens (tertiary/aromatic N) is 2. The molecule has 21 heavy (non-hydrogen) atoms. The van der Waals surface area contributed by atoms with Crippen LogP contribution in [0, 0.1) is 6.92 Å². The summed E-state index contributed by atoms with van der Waals surface area (Å²) in [5.74, 6) is 1.15. The highest BCUT2D eigenvalue weighted by Crippen LogP contribution is 2.24. The van der Waals surface area contributed by atoms with Crippen LogP contribution in [0.15, 0.2) is 12.1 Å². The number of thioether (sulfide) groups is 1. The maximum Gasteiger partial charge on any atom is 0.255 e. The number of aryl methyl sites for hydroxylation is 1. The summed E-state index contributed by atoms with van der Waals surface area (Å²) in [6.07, 6.45) is 0. The van der Waals surface area contributed by atoms with E-state index in [0.29, 0.717) is 23.6 Å². The Bertz CT molecular complexity index is 626. The first kappa shape index (κ1) is 16.1. The van der Waals surface area contributed by atoms with Crippen molar-refractivity contribution in [3.05, 3.63) is 23.4 Å². The van der Waals surface area contributed by atoms with Crippen LogP contribution in [0.2, 0.25) is 0 Å². The fourth-order valence-corrected chi connectivity index (χ4v) is 5.25. The Hall–Kier alpha value is -1.28. The smallest absolute Gasteiger partial charge is 0.255 e. The van der Waals surface area contributed by atoms with Gasteiger partial charge < -0.3 is 10.6 Å². The van der Waals surface area contributed by atoms with Gasteiger partial charge in [-0.1, -0.05) is 6.92 Å². The van der Waals surface area contributed by atoms with Gasteiger partial charge in [0.2, 0.25) is 0 Å². The van der Waals surface area contributed by atoms with Crippen LogP contribution in [0.1, 0.15) is 23.0 Å². The molecule has 1 atom stereocenters. The van der Waals surface area contributed by atoms with E-state index in [9.17, 15) is 13.2 Å². The summed E-state index contributed by atoms with van der Waals surface area (Å²) < 4.78 is 24.4. The van der Waals surface area contributed by atoms with Gasteiger partial charge in [0.15, 0.2) is 9.84 Å². The lowest BCUT2D eigenvalue weighted by atomic mass is 10.2. The molecule has 2 rings (SSSR count). The van der Waals surface area contributed by atoms with Crippen LogP contribution in [-0.4, -0.2) is 53.4 Å². The summed E-state index contributed by atoms with van der Waals surface area (Å²) in [4.78, 5) is 18.1. The molecule has 1 aromatic heterocycles. The van der Waals surface area contributed by atoms with Crippen molar-refractivity contribution in [3.8, 4) is 0 Å². The molecule has 1 unspecified atom stereocenters. The van der Waals surface area contributed by atoms with Crippen LogP contribution in [0.3, 0.4) is 0 Å². The van der Waals surface area contributed by atoms with E-state index in [1.54, 1.807) is 31.7 Å². The Morgan fingerprint density at radius 1 is 1.52 bits per heavy atom. The quantitative estimate of drug-likeness (QED) is 0.886. The van der Waals surface area contributed by atoms with E-state index < -0.39 is 15.2 Å². The lowest BCUT2D eigenvalue weighted by Gasteiger charge is -2.34. The maximum atomic E-state index is 12.6. The summed E-state index contributed by atoms with van der Waals surface area (Å²) in [7, 11) is -3.31. The third-order valence-electron chi connectivity index (χ3n) is 3.38. The number of nitrogens with two attached hydrogens (primary N) is 1. The molecule has 116 valence electrons. The fraction of sp³-hybridized carbons (Fsp3) is 0.538. The molecule has 1 aliphatic rings. The fourth-order valence-electron chi connectivity index (χ4n) is 2.29. The van der Waals surface area contributed by atoms with E-state index in [1.165, 1.54) is 11.0 Å². The zero-order valence-electron chi connectivity index (χ0n) is 12.1. The van der Waals surface area contributed by atoms with E-state index >= 15 is 0 Å². The first-order chi connectivity index (χ1) is 9.85. The molecule has 0 saturated carbocycles. The molecular formula is C13H19N3O3S2. The van der Waals surface area contributed by atoms with Gasteiger partial charge in [0.05, 0.1) is 0 Å². The highest BCUT2D eigenvalue weighted by molar-refractivity contribution is 8.01. The molecule has 1 aromatic rings. The molecule has 1 amide bonds. The Labute approximate surface area is 129 Å². The van der Waals surface area contributed by atoms with Crippen LogP contribution in [0.25, 0.3) is 0 Å². The summed E-state index contributed by atoms with van der Waals surface area (Å²) in [5, 5.41) is -0.761. The Kier molecular flexibility index (Phi) is 4.77. The molecule has 0 aromatic carbocycles. The average molecular weight is 329 g/mol. The lowest BCUT2D eigenvalue weighted by Crippen LogP contribution is -2.50. The first-order valence-corrected chi connectivity index (χ1v) is 9.56. The standard InChI is InChI=1S/C13H19N3O3S2/c1-3-21(18,19)12-8-20-5-4-16(12)13(17)10-6-9(2)15-11(14)7-10/h6-7,12H,3-5,8H2,1-2H3,(H2,14,15). The van der Waals surface area contributed by atoms with Crippen molar-refractivity contribution in [2.24, 2.45) is 0 Å². The Morgan fingerprint density at radius 3 is 2.86 bits per heavy atom. The molecule has 1 aliphatic heterocycles. The number of amides is 1. The average Bonchev–Trinajstić information content (AvgIpc) is 2.45. The second-order valence-electron chi connectivity index (χ2n) is 4.90. The van der Waals surface area contributed by atoms with Crippen LogP contribution in [0.4, 0.5) is 5.82 Å². The monoisotopic (exact) mass is 329 g/mol. The normalized spacial score (nSPS) is 19.5. The van der Waals surface area contributed by atoms with Crippen LogP contribution >= 0.6 is 11.8 Å². The molecule has 1 fully saturated rings. The van der Waals surface area contributed by atoms with Gasteiger partial charge in [-0.15, -0.1) is 0 Å². The number of hydrogen-bond acceptors (Lipinski definition) is 6. The number of carbonyl (C=O) groups excluding carboxylic acids is 1. The van der Waals surface area contributed by atoms with Gasteiger partial charge >= 0.3 is 0 Å². The highest BCUT2D eigenvalue weighted by atomic mass is 32.2. The van der Waals surface area contributed by atoms with Gasteiger partial charge in [-0.25, -0.2) is 13.4 Å². The third kappa shape index (κ3) is 3.49. The minimum absolute atomic E-state index is 0.0273. The molecule has 0 radical (unpaired) electrons. The topological polar surface area (TPSA) is 93.4 Å². The molecule has 2 N–H and O–H groups in total. The molecule has 0 spiro atoms. The molecule has 0 bridgehead atoms. The van der Waals surface area contributed by atoms with Crippen molar-refractivity contribution < 1.29 is 13.2 Å². The number of hydrogen-bond donors (Lipinski definition) is 1. The summed E-state index contributed by atoms with van der Waals surface area (Å²) in [6, 6.07) is 3.13. The van der Waals surface area contributed by atoms with E-state index in [4.69, 9.17) is 5.73 Å². The minimum Gasteiger partial charge on any atom is -0.384 e. The number of anilines is 1. The zero-order chi connectivity index (χ0) is 15.6. The van der Waals surface area contributed by atoms with E-state index in [2.05, 4.69) is 4.98 Å². The summed E-state index contributed by atoms with van der Waals surface area (Å²) in [6.45, 7) is 3.78. The Morgan fingerprint density at radius 2 is 2.24 bits per heavy atom. The number of rotatable bonds is 3. The van der Waals surface area contributed by atoms with Gasteiger partial charge in [0.1, 0.15) is 11.2 Å². The van der Waals surface area contributed by atoms with Crippen molar-refractivity contribution in [1.29, 1.82) is 0 Å². The maximum absolute atomic E-state index is 12.6. The number of pyridine rings is 1. The van der Waals surface area contributed by atoms with Gasteiger partial charge in [-0.2, -0.15) is 11.8 Å². The van der Waals surface area contributed by atoms with Gasteiger partial charge in [-0.05, 0) is 19.1 Å². The number of carbonyl (C=O) groups is 1. The zero-order valence-corrected chi connectivity index (χ0v) is 13.7. The predicted molar refractivity (Wildman–Crippen MR) is 85.0 cm³/mol. The molecule has 1 saturated heterocycles. The van der Waals surface area contributed by atoms with Gasteiger partial charge in [-0.3, -0.25) is 4.79 Å². The molecule has 6 nitrogen and oxygen atoms in total. The molecule has 0 aliphatic carbocycles. The second kappa shape index (κ2) is 6.23. The number of nitrogen functional groups attached to an aromatic ring is 1. The first-order valence-electron chi connectivity index (χ1n) is 6.69. The van der Waals surface area contributed by atoms with Crippen molar-refractivity contribution in [2.75, 3.05) is 29.5 Å². The van der Waals surface area contributed by atoms with Crippen LogP contribution in [-0.2, 0) is 9.84 Å². The van der Waals surface area contributed by atoms with Crippen LogP contribution < -0.4 is 5.73 Å².